The fourth-order valence-corrected chi connectivity index (χ4v) is 3.02. The molecule has 20 heavy (non-hydrogen) atoms. The topological polar surface area (TPSA) is 67.6 Å². The molecule has 2 atom stereocenters. The molecular weight excluding hydrogens is 254 g/mol. The second kappa shape index (κ2) is 4.12. The zero-order chi connectivity index (χ0) is 14.5. The second-order valence-corrected chi connectivity index (χ2v) is 6.56. The number of para-hydroxylation sites is 1. The predicted molar refractivity (Wildman–Crippen MR) is 77.3 cm³/mol. The van der Waals surface area contributed by atoms with Crippen LogP contribution < -0.4 is 11.1 Å². The smallest absolute Gasteiger partial charge is 0.412 e. The number of nitrogens with zero attached hydrogens (tertiary/aromatic N) is 1. The SMILES string of the molecule is CC(C)(C)OC(=O)N1CC[C@]2(N)c3ccccc3N[C@H]12. The molecule has 0 aliphatic carbocycles. The van der Waals surface area contributed by atoms with E-state index in [1.54, 1.807) is 4.90 Å². The Morgan fingerprint density at radius 2 is 2.15 bits per heavy atom. The van der Waals surface area contributed by atoms with Gasteiger partial charge in [0.05, 0.1) is 5.54 Å². The molecule has 3 rings (SSSR count). The number of benzene rings is 1. The second-order valence-electron chi connectivity index (χ2n) is 6.56. The quantitative estimate of drug-likeness (QED) is 0.762. The first-order chi connectivity index (χ1) is 9.31. The van der Waals surface area contributed by atoms with Crippen LogP contribution >= 0.6 is 0 Å². The average Bonchev–Trinajstić information content (AvgIpc) is 2.79. The van der Waals surface area contributed by atoms with Crippen molar-refractivity contribution >= 4 is 11.8 Å². The Labute approximate surface area is 119 Å². The van der Waals surface area contributed by atoms with E-state index in [9.17, 15) is 4.79 Å². The number of carbonyl (C=O) groups is 1. The third kappa shape index (κ3) is 1.93. The summed E-state index contributed by atoms with van der Waals surface area (Å²) >= 11 is 0. The first-order valence-corrected chi connectivity index (χ1v) is 6.96. The number of amides is 1. The number of carbonyl (C=O) groups excluding carboxylic acids is 1. The lowest BCUT2D eigenvalue weighted by atomic mass is 9.90. The molecule has 1 saturated heterocycles. The molecule has 1 fully saturated rings. The molecule has 1 aromatic rings. The van der Waals surface area contributed by atoms with Gasteiger partial charge in [0.15, 0.2) is 0 Å². The van der Waals surface area contributed by atoms with Gasteiger partial charge >= 0.3 is 6.09 Å². The minimum atomic E-state index is -0.520. The number of likely N-dealkylation sites (tertiary alicyclic amines) is 1. The lowest BCUT2D eigenvalue weighted by molar-refractivity contribution is 0.0226. The number of hydrogen-bond donors (Lipinski definition) is 2. The van der Waals surface area contributed by atoms with Crippen LogP contribution in [-0.2, 0) is 10.3 Å². The van der Waals surface area contributed by atoms with E-state index in [1.807, 2.05) is 45.0 Å². The summed E-state index contributed by atoms with van der Waals surface area (Å²) in [4.78, 5) is 14.0. The van der Waals surface area contributed by atoms with E-state index in [1.165, 1.54) is 0 Å². The lowest BCUT2D eigenvalue weighted by Gasteiger charge is -2.31. The van der Waals surface area contributed by atoms with Crippen molar-refractivity contribution in [1.29, 1.82) is 0 Å². The highest BCUT2D eigenvalue weighted by Crippen LogP contribution is 2.45. The number of anilines is 1. The highest BCUT2D eigenvalue weighted by Gasteiger charge is 2.53. The van der Waals surface area contributed by atoms with Crippen LogP contribution in [-0.4, -0.2) is 29.3 Å². The van der Waals surface area contributed by atoms with Gasteiger partial charge in [0.2, 0.25) is 0 Å². The third-order valence-electron chi connectivity index (χ3n) is 3.91. The first kappa shape index (κ1) is 13.2. The van der Waals surface area contributed by atoms with E-state index in [0.29, 0.717) is 6.54 Å². The van der Waals surface area contributed by atoms with Gasteiger partial charge in [-0.05, 0) is 38.8 Å². The van der Waals surface area contributed by atoms with Crippen molar-refractivity contribution in [1.82, 2.24) is 4.90 Å². The van der Waals surface area contributed by atoms with Crippen LogP contribution in [0, 0.1) is 0 Å². The van der Waals surface area contributed by atoms with E-state index < -0.39 is 11.1 Å². The van der Waals surface area contributed by atoms with E-state index in [0.717, 1.165) is 17.7 Å². The molecule has 0 spiro atoms. The molecule has 2 heterocycles. The summed E-state index contributed by atoms with van der Waals surface area (Å²) in [5.41, 5.74) is 7.63. The third-order valence-corrected chi connectivity index (χ3v) is 3.91. The molecule has 0 unspecified atom stereocenters. The van der Waals surface area contributed by atoms with Gasteiger partial charge in [-0.2, -0.15) is 0 Å². The maximum atomic E-state index is 12.3. The van der Waals surface area contributed by atoms with Crippen molar-refractivity contribution in [3.05, 3.63) is 29.8 Å². The number of hydrogen-bond acceptors (Lipinski definition) is 4. The fourth-order valence-electron chi connectivity index (χ4n) is 3.02. The van der Waals surface area contributed by atoms with E-state index in [-0.39, 0.29) is 12.3 Å². The van der Waals surface area contributed by atoms with Crippen LogP contribution in [0.2, 0.25) is 0 Å². The van der Waals surface area contributed by atoms with Crippen molar-refractivity contribution in [2.24, 2.45) is 5.73 Å². The van der Waals surface area contributed by atoms with Gasteiger partial charge in [-0.15, -0.1) is 0 Å². The maximum Gasteiger partial charge on any atom is 0.412 e. The standard InChI is InChI=1S/C15H21N3O2/c1-14(2,3)20-13(19)18-9-8-15(16)10-6-4-5-7-11(10)17-12(15)18/h4-7,12,17H,8-9,16H2,1-3H3/t12-,15+/m1/s1. The van der Waals surface area contributed by atoms with Crippen LogP contribution in [0.15, 0.2) is 24.3 Å². The average molecular weight is 275 g/mol. The van der Waals surface area contributed by atoms with E-state index >= 15 is 0 Å². The highest BCUT2D eigenvalue weighted by molar-refractivity contribution is 5.73. The van der Waals surface area contributed by atoms with Crippen LogP contribution in [0.1, 0.15) is 32.8 Å². The number of ether oxygens (including phenoxy) is 1. The van der Waals surface area contributed by atoms with E-state index in [4.69, 9.17) is 10.5 Å². The summed E-state index contributed by atoms with van der Waals surface area (Å²) in [6.07, 6.45) is 0.200. The Kier molecular flexibility index (Phi) is 2.73. The number of nitrogens with two attached hydrogens (primary N) is 1. The van der Waals surface area contributed by atoms with Crippen molar-refractivity contribution in [2.45, 2.75) is 44.5 Å². The highest BCUT2D eigenvalue weighted by atomic mass is 16.6. The fraction of sp³-hybridized carbons (Fsp3) is 0.533. The van der Waals surface area contributed by atoms with Gasteiger partial charge in [0.1, 0.15) is 11.8 Å². The Balaban J connectivity index is 1.86. The summed E-state index contributed by atoms with van der Waals surface area (Å²) in [5, 5.41) is 3.35. The molecule has 0 bridgehead atoms. The molecule has 5 heteroatoms. The molecule has 1 aromatic carbocycles. The lowest BCUT2D eigenvalue weighted by Crippen LogP contribution is -2.51. The van der Waals surface area contributed by atoms with Crippen molar-refractivity contribution < 1.29 is 9.53 Å². The van der Waals surface area contributed by atoms with Gasteiger partial charge in [-0.1, -0.05) is 18.2 Å². The molecule has 2 aliphatic rings. The van der Waals surface area contributed by atoms with Gasteiger partial charge in [0, 0.05) is 12.2 Å². The molecule has 0 saturated carbocycles. The Morgan fingerprint density at radius 3 is 2.85 bits per heavy atom. The van der Waals surface area contributed by atoms with Crippen molar-refractivity contribution in [3.8, 4) is 0 Å². The van der Waals surface area contributed by atoms with Crippen LogP contribution in [0.3, 0.4) is 0 Å². The minimum absolute atomic E-state index is 0.227. The normalized spacial score (nSPS) is 27.8. The van der Waals surface area contributed by atoms with Gasteiger partial charge in [0.25, 0.3) is 0 Å². The molecule has 1 amide bonds. The zero-order valence-corrected chi connectivity index (χ0v) is 12.1. The maximum absolute atomic E-state index is 12.3. The largest absolute Gasteiger partial charge is 0.444 e. The van der Waals surface area contributed by atoms with Crippen LogP contribution in [0.5, 0.6) is 0 Å². The summed E-state index contributed by atoms with van der Waals surface area (Å²) in [7, 11) is 0. The molecule has 5 nitrogen and oxygen atoms in total. The number of nitrogens with one attached hydrogen (secondary N) is 1. The van der Waals surface area contributed by atoms with Crippen molar-refractivity contribution in [3.63, 3.8) is 0 Å². The summed E-state index contributed by atoms with van der Waals surface area (Å²) in [6, 6.07) is 7.97. The number of fused-ring (bicyclic) bond motifs is 3. The monoisotopic (exact) mass is 275 g/mol. The van der Waals surface area contributed by atoms with Crippen LogP contribution in [0.4, 0.5) is 10.5 Å². The molecule has 0 aromatic heterocycles. The first-order valence-electron chi connectivity index (χ1n) is 6.96. The van der Waals surface area contributed by atoms with Crippen LogP contribution in [0.25, 0.3) is 0 Å². The Hall–Kier alpha value is -1.75. The van der Waals surface area contributed by atoms with Gasteiger partial charge in [-0.25, -0.2) is 4.79 Å². The Morgan fingerprint density at radius 1 is 1.45 bits per heavy atom. The minimum Gasteiger partial charge on any atom is -0.444 e. The molecule has 0 radical (unpaired) electrons. The van der Waals surface area contributed by atoms with E-state index in [2.05, 4.69) is 5.32 Å². The zero-order valence-electron chi connectivity index (χ0n) is 12.1. The Bertz CT molecular complexity index is 552. The summed E-state index contributed by atoms with van der Waals surface area (Å²) in [6.45, 7) is 6.21. The van der Waals surface area contributed by atoms with Gasteiger partial charge < -0.3 is 15.8 Å². The van der Waals surface area contributed by atoms with Crippen molar-refractivity contribution in [2.75, 3.05) is 11.9 Å². The predicted octanol–water partition coefficient (Wildman–Crippen LogP) is 2.23. The summed E-state index contributed by atoms with van der Waals surface area (Å²) in [5.74, 6) is 0. The molecule has 2 aliphatic heterocycles. The molecule has 3 N–H and O–H groups in total. The molecule has 108 valence electrons. The van der Waals surface area contributed by atoms with Gasteiger partial charge in [-0.3, -0.25) is 4.90 Å². The summed E-state index contributed by atoms with van der Waals surface area (Å²) < 4.78 is 5.47. The molecular formula is C15H21N3O2. The number of rotatable bonds is 0.